The topological polar surface area (TPSA) is 86.1 Å². The number of benzene rings is 1. The summed E-state index contributed by atoms with van der Waals surface area (Å²) < 4.78 is 43.0. The molecule has 1 fully saturated rings. The first-order chi connectivity index (χ1) is 12.3. The summed E-state index contributed by atoms with van der Waals surface area (Å²) >= 11 is 0. The van der Waals surface area contributed by atoms with Gasteiger partial charge in [-0.1, -0.05) is 0 Å². The second-order valence-electron chi connectivity index (χ2n) is 6.25. The van der Waals surface area contributed by atoms with Crippen molar-refractivity contribution in [1.82, 2.24) is 4.31 Å². The van der Waals surface area contributed by atoms with Crippen LogP contribution in [0.3, 0.4) is 0 Å². The lowest BCUT2D eigenvalue weighted by atomic mass is 10.2. The van der Waals surface area contributed by atoms with Crippen LogP contribution in [0, 0.1) is 13.8 Å². The monoisotopic (exact) mass is 379 g/mol. The van der Waals surface area contributed by atoms with Gasteiger partial charge in [-0.3, -0.25) is 0 Å². The van der Waals surface area contributed by atoms with Crippen LogP contribution in [0.1, 0.15) is 17.7 Å². The fraction of sp³-hybridized carbons (Fsp3) is 0.389. The van der Waals surface area contributed by atoms with Crippen LogP contribution in [-0.2, 0) is 10.0 Å². The molecule has 1 aliphatic heterocycles. The zero-order chi connectivity index (χ0) is 18.9. The number of hydrogen-bond acceptors (Lipinski definition) is 6. The summed E-state index contributed by atoms with van der Waals surface area (Å²) in [5, 5.41) is 0. The van der Waals surface area contributed by atoms with E-state index in [1.165, 1.54) is 10.4 Å². The van der Waals surface area contributed by atoms with Gasteiger partial charge in [0.05, 0.1) is 24.6 Å². The van der Waals surface area contributed by atoms with Crippen LogP contribution in [0.5, 0.6) is 11.5 Å². The van der Waals surface area contributed by atoms with Gasteiger partial charge in [0.25, 0.3) is 0 Å². The molecule has 1 aliphatic rings. The van der Waals surface area contributed by atoms with E-state index in [4.69, 9.17) is 13.9 Å². The van der Waals surface area contributed by atoms with E-state index in [1.807, 2.05) is 0 Å². The molecule has 3 rings (SSSR count). The maximum atomic E-state index is 12.9. The Balaban J connectivity index is 1.75. The van der Waals surface area contributed by atoms with Crippen molar-refractivity contribution in [3.05, 3.63) is 52.1 Å². The van der Waals surface area contributed by atoms with E-state index < -0.39 is 15.6 Å². The molecule has 0 saturated carbocycles. The van der Waals surface area contributed by atoms with Gasteiger partial charge in [-0.05, 0) is 44.0 Å². The van der Waals surface area contributed by atoms with Gasteiger partial charge < -0.3 is 13.9 Å². The molecule has 0 spiro atoms. The molecule has 1 aromatic carbocycles. The van der Waals surface area contributed by atoms with Crippen LogP contribution in [0.25, 0.3) is 0 Å². The molecular formula is C18H21NO6S. The minimum Gasteiger partial charge on any atom is -0.496 e. The zero-order valence-corrected chi connectivity index (χ0v) is 15.7. The van der Waals surface area contributed by atoms with Crippen molar-refractivity contribution < 1.29 is 22.3 Å². The summed E-state index contributed by atoms with van der Waals surface area (Å²) in [4.78, 5) is 11.6. The zero-order valence-electron chi connectivity index (χ0n) is 14.9. The summed E-state index contributed by atoms with van der Waals surface area (Å²) in [7, 11) is -2.06. The van der Waals surface area contributed by atoms with Gasteiger partial charge >= 0.3 is 5.63 Å². The molecule has 1 aromatic heterocycles. The molecule has 26 heavy (non-hydrogen) atoms. The molecule has 0 aliphatic carbocycles. The third kappa shape index (κ3) is 3.76. The molecule has 140 valence electrons. The van der Waals surface area contributed by atoms with Crippen LogP contribution >= 0.6 is 0 Å². The Morgan fingerprint density at radius 1 is 1.19 bits per heavy atom. The molecule has 0 bridgehead atoms. The van der Waals surface area contributed by atoms with E-state index in [2.05, 4.69) is 0 Å². The number of nitrogens with zero attached hydrogens (tertiary/aromatic N) is 1. The third-order valence-corrected chi connectivity index (χ3v) is 6.14. The highest BCUT2D eigenvalue weighted by atomic mass is 32.2. The number of hydrogen-bond donors (Lipinski definition) is 0. The van der Waals surface area contributed by atoms with E-state index in [-0.39, 0.29) is 17.5 Å². The van der Waals surface area contributed by atoms with Crippen molar-refractivity contribution >= 4 is 10.0 Å². The number of methoxy groups -OCH3 is 1. The lowest BCUT2D eigenvalue weighted by Crippen LogP contribution is -2.31. The minimum absolute atomic E-state index is 0.229. The minimum atomic E-state index is -3.61. The largest absolute Gasteiger partial charge is 0.496 e. The average Bonchev–Trinajstić information content (AvgIpc) is 3.03. The highest BCUT2D eigenvalue weighted by Crippen LogP contribution is 2.27. The quantitative estimate of drug-likeness (QED) is 0.791. The van der Waals surface area contributed by atoms with Crippen molar-refractivity contribution in [2.45, 2.75) is 31.3 Å². The molecule has 1 saturated heterocycles. The summed E-state index contributed by atoms with van der Waals surface area (Å²) in [6.45, 7) is 4.05. The molecule has 2 aromatic rings. The Bertz CT molecular complexity index is 966. The Hall–Kier alpha value is -2.32. The van der Waals surface area contributed by atoms with E-state index in [1.54, 1.807) is 45.2 Å². The third-order valence-electron chi connectivity index (χ3n) is 4.28. The van der Waals surface area contributed by atoms with Gasteiger partial charge in [-0.25, -0.2) is 13.2 Å². The van der Waals surface area contributed by atoms with E-state index >= 15 is 0 Å². The number of aryl methyl sites for hydroxylation is 2. The molecule has 8 heteroatoms. The van der Waals surface area contributed by atoms with Crippen molar-refractivity contribution in [3.8, 4) is 11.5 Å². The van der Waals surface area contributed by atoms with Gasteiger partial charge in [-0.2, -0.15) is 4.31 Å². The van der Waals surface area contributed by atoms with Crippen LogP contribution in [-0.4, -0.2) is 39.0 Å². The second-order valence-corrected chi connectivity index (χ2v) is 8.18. The van der Waals surface area contributed by atoms with Crippen LogP contribution in [0.2, 0.25) is 0 Å². The normalized spacial score (nSPS) is 18.0. The molecule has 2 heterocycles. The highest BCUT2D eigenvalue weighted by molar-refractivity contribution is 7.89. The highest BCUT2D eigenvalue weighted by Gasteiger charge is 2.34. The first-order valence-electron chi connectivity index (χ1n) is 8.23. The fourth-order valence-electron chi connectivity index (χ4n) is 3.01. The maximum absolute atomic E-state index is 12.9. The van der Waals surface area contributed by atoms with Crippen molar-refractivity contribution in [2.24, 2.45) is 0 Å². The standard InChI is InChI=1S/C18H21NO6S/c1-12-8-16(4-5-17(12)23-3)26(21,22)19-7-6-14(11-19)25-15-9-13(2)24-18(20)10-15/h4-5,8-10,14H,6-7,11H2,1-3H3. The number of rotatable bonds is 5. The van der Waals surface area contributed by atoms with Gasteiger partial charge in [0.15, 0.2) is 0 Å². The molecular weight excluding hydrogens is 358 g/mol. The van der Waals surface area contributed by atoms with Gasteiger partial charge in [-0.15, -0.1) is 0 Å². The van der Waals surface area contributed by atoms with Crippen LogP contribution < -0.4 is 15.1 Å². The number of sulfonamides is 1. The first-order valence-corrected chi connectivity index (χ1v) is 9.67. The molecule has 7 nitrogen and oxygen atoms in total. The van der Waals surface area contributed by atoms with Gasteiger partial charge in [0.2, 0.25) is 10.0 Å². The summed E-state index contributed by atoms with van der Waals surface area (Å²) in [5.41, 5.74) is 0.267. The summed E-state index contributed by atoms with van der Waals surface area (Å²) in [5.74, 6) is 1.48. The second kappa shape index (κ2) is 7.13. The predicted octanol–water partition coefficient (Wildman–Crippen LogP) is 2.11. The molecule has 0 N–H and O–H groups in total. The average molecular weight is 379 g/mol. The Labute approximate surface area is 152 Å². The first kappa shape index (κ1) is 18.5. The fourth-order valence-corrected chi connectivity index (χ4v) is 4.58. The van der Waals surface area contributed by atoms with Crippen molar-refractivity contribution in [3.63, 3.8) is 0 Å². The van der Waals surface area contributed by atoms with E-state index in [0.717, 1.165) is 5.56 Å². The molecule has 0 radical (unpaired) electrons. The van der Waals surface area contributed by atoms with E-state index in [0.29, 0.717) is 30.2 Å². The Kier molecular flexibility index (Phi) is 5.06. The van der Waals surface area contributed by atoms with Crippen LogP contribution in [0.15, 0.2) is 44.4 Å². The van der Waals surface area contributed by atoms with Crippen molar-refractivity contribution in [1.29, 1.82) is 0 Å². The smallest absolute Gasteiger partial charge is 0.339 e. The van der Waals surface area contributed by atoms with Gasteiger partial charge in [0.1, 0.15) is 23.4 Å². The van der Waals surface area contributed by atoms with E-state index in [9.17, 15) is 13.2 Å². The molecule has 1 atom stereocenters. The van der Waals surface area contributed by atoms with Gasteiger partial charge in [0, 0.05) is 12.6 Å². The number of ether oxygens (including phenoxy) is 2. The summed E-state index contributed by atoms with van der Waals surface area (Å²) in [6.07, 6.45) is 0.235. The van der Waals surface area contributed by atoms with Crippen LogP contribution in [0.4, 0.5) is 0 Å². The maximum Gasteiger partial charge on any atom is 0.339 e. The predicted molar refractivity (Wildman–Crippen MR) is 95.2 cm³/mol. The Morgan fingerprint density at radius 3 is 2.62 bits per heavy atom. The van der Waals surface area contributed by atoms with Crippen molar-refractivity contribution in [2.75, 3.05) is 20.2 Å². The lowest BCUT2D eigenvalue weighted by molar-refractivity contribution is 0.213. The molecule has 1 unspecified atom stereocenters. The molecule has 0 amide bonds. The summed E-state index contributed by atoms with van der Waals surface area (Å²) in [6, 6.07) is 7.68. The Morgan fingerprint density at radius 2 is 1.96 bits per heavy atom. The SMILES string of the molecule is COc1ccc(S(=O)(=O)N2CCC(Oc3cc(C)oc(=O)c3)C2)cc1C. The lowest BCUT2D eigenvalue weighted by Gasteiger charge is -2.18.